The first-order valence-electron chi connectivity index (χ1n) is 8.72. The third kappa shape index (κ3) is 4.95. The van der Waals surface area contributed by atoms with Crippen molar-refractivity contribution in [1.82, 2.24) is 4.90 Å². The number of likely N-dealkylation sites (tertiary alicyclic amines) is 1. The van der Waals surface area contributed by atoms with E-state index in [4.69, 9.17) is 21.7 Å². The number of carbonyl (C=O) groups excluding carboxylic acids is 1. The van der Waals surface area contributed by atoms with Gasteiger partial charge in [0.2, 0.25) is 0 Å². The van der Waals surface area contributed by atoms with E-state index in [1.165, 1.54) is 24.3 Å². The molecule has 0 aromatic heterocycles. The van der Waals surface area contributed by atoms with E-state index in [1.807, 2.05) is 12.1 Å². The number of thiocarbonyl (C=S) groups is 1. The Morgan fingerprint density at radius 2 is 1.85 bits per heavy atom. The van der Waals surface area contributed by atoms with Crippen molar-refractivity contribution in [3.05, 3.63) is 53.8 Å². The van der Waals surface area contributed by atoms with Gasteiger partial charge < -0.3 is 19.7 Å². The third-order valence-electron chi connectivity index (χ3n) is 4.29. The molecule has 0 aliphatic carbocycles. The van der Waals surface area contributed by atoms with Crippen molar-refractivity contribution in [3.63, 3.8) is 0 Å². The Labute approximate surface area is 163 Å². The number of methoxy groups -OCH3 is 1. The summed E-state index contributed by atoms with van der Waals surface area (Å²) in [5.74, 6) is 0.268. The maximum absolute atomic E-state index is 12.9. The lowest BCUT2D eigenvalue weighted by atomic mass is 10.2. The molecule has 1 heterocycles. The third-order valence-corrected chi connectivity index (χ3v) is 4.78. The molecule has 5 nitrogen and oxygen atoms in total. The van der Waals surface area contributed by atoms with Crippen LogP contribution >= 0.6 is 12.2 Å². The van der Waals surface area contributed by atoms with Crippen molar-refractivity contribution in [2.45, 2.75) is 12.8 Å². The van der Waals surface area contributed by atoms with E-state index in [2.05, 4.69) is 10.2 Å². The monoisotopic (exact) mass is 388 g/mol. The van der Waals surface area contributed by atoms with Crippen LogP contribution in [0.3, 0.4) is 0 Å². The minimum atomic E-state index is -0.360. The zero-order valence-electron chi connectivity index (χ0n) is 15.0. The molecule has 2 aromatic rings. The second kappa shape index (κ2) is 8.81. The molecule has 0 unspecified atom stereocenters. The van der Waals surface area contributed by atoms with Gasteiger partial charge in [0.1, 0.15) is 10.8 Å². The number of nitrogens with one attached hydrogen (secondary N) is 1. The molecule has 1 amide bonds. The fourth-order valence-corrected chi connectivity index (χ4v) is 3.21. The van der Waals surface area contributed by atoms with Gasteiger partial charge in [-0.1, -0.05) is 12.2 Å². The first kappa shape index (κ1) is 19.1. The van der Waals surface area contributed by atoms with Gasteiger partial charge in [0, 0.05) is 24.3 Å². The van der Waals surface area contributed by atoms with Gasteiger partial charge in [-0.25, -0.2) is 4.39 Å². The van der Waals surface area contributed by atoms with Gasteiger partial charge in [0.05, 0.1) is 7.11 Å². The number of carbonyl (C=O) groups is 1. The molecule has 1 aliphatic rings. The van der Waals surface area contributed by atoms with Crippen molar-refractivity contribution >= 4 is 28.8 Å². The zero-order valence-corrected chi connectivity index (χ0v) is 15.9. The predicted octanol–water partition coefficient (Wildman–Crippen LogP) is 3.62. The van der Waals surface area contributed by atoms with Crippen LogP contribution in [0.2, 0.25) is 0 Å². The van der Waals surface area contributed by atoms with Gasteiger partial charge in [-0.2, -0.15) is 0 Å². The minimum absolute atomic E-state index is 0.191. The summed E-state index contributed by atoms with van der Waals surface area (Å²) in [4.78, 5) is 15.0. The van der Waals surface area contributed by atoms with E-state index in [-0.39, 0.29) is 18.3 Å². The van der Waals surface area contributed by atoms with E-state index in [9.17, 15) is 9.18 Å². The fourth-order valence-electron chi connectivity index (χ4n) is 2.90. The number of halogens is 1. The maximum Gasteiger partial charge on any atom is 0.262 e. The van der Waals surface area contributed by atoms with E-state index < -0.39 is 0 Å². The summed E-state index contributed by atoms with van der Waals surface area (Å²) in [5, 5.41) is 2.64. The van der Waals surface area contributed by atoms with E-state index in [1.54, 1.807) is 13.2 Å². The Kier molecular flexibility index (Phi) is 6.24. The number of amides is 1. The molecule has 0 radical (unpaired) electrons. The molecular weight excluding hydrogens is 367 g/mol. The smallest absolute Gasteiger partial charge is 0.262 e. The van der Waals surface area contributed by atoms with Crippen molar-refractivity contribution in [2.75, 3.05) is 32.1 Å². The van der Waals surface area contributed by atoms with Crippen LogP contribution in [0.4, 0.5) is 10.1 Å². The van der Waals surface area contributed by atoms with Crippen molar-refractivity contribution in [3.8, 4) is 11.5 Å². The maximum atomic E-state index is 12.9. The van der Waals surface area contributed by atoms with Gasteiger partial charge in [-0.05, 0) is 55.3 Å². The molecule has 1 N–H and O–H groups in total. The summed E-state index contributed by atoms with van der Waals surface area (Å²) in [6.45, 7) is 1.76. The Balaban J connectivity index is 1.61. The normalized spacial score (nSPS) is 13.3. The fraction of sp³-hybridized carbons (Fsp3) is 0.300. The highest BCUT2D eigenvalue weighted by Gasteiger charge is 2.18. The first-order chi connectivity index (χ1) is 13.1. The average molecular weight is 388 g/mol. The molecule has 0 saturated carbocycles. The van der Waals surface area contributed by atoms with Crippen molar-refractivity contribution in [1.29, 1.82) is 0 Å². The predicted molar refractivity (Wildman–Crippen MR) is 106 cm³/mol. The van der Waals surface area contributed by atoms with Crippen LogP contribution in [-0.2, 0) is 4.79 Å². The van der Waals surface area contributed by atoms with Gasteiger partial charge in [-0.15, -0.1) is 0 Å². The highest BCUT2D eigenvalue weighted by atomic mass is 32.1. The number of hydrogen-bond donors (Lipinski definition) is 1. The molecule has 3 rings (SSSR count). The molecule has 27 heavy (non-hydrogen) atoms. The van der Waals surface area contributed by atoms with Gasteiger partial charge in [0.15, 0.2) is 18.1 Å². The number of nitrogens with zero attached hydrogens (tertiary/aromatic N) is 1. The summed E-state index contributed by atoms with van der Waals surface area (Å²) < 4.78 is 23.9. The van der Waals surface area contributed by atoms with Crippen LogP contribution in [0.25, 0.3) is 0 Å². The van der Waals surface area contributed by atoms with Crippen molar-refractivity contribution < 1.29 is 18.7 Å². The van der Waals surface area contributed by atoms with E-state index >= 15 is 0 Å². The van der Waals surface area contributed by atoms with Crippen LogP contribution in [-0.4, -0.2) is 42.6 Å². The Hall–Kier alpha value is -2.67. The van der Waals surface area contributed by atoms with E-state index in [0.717, 1.165) is 36.5 Å². The molecule has 142 valence electrons. The summed E-state index contributed by atoms with van der Waals surface area (Å²) in [7, 11) is 1.55. The molecule has 0 spiro atoms. The molecule has 1 saturated heterocycles. The number of rotatable bonds is 6. The van der Waals surface area contributed by atoms with Gasteiger partial charge in [0.25, 0.3) is 5.91 Å². The molecule has 2 aromatic carbocycles. The van der Waals surface area contributed by atoms with Crippen LogP contribution in [0.15, 0.2) is 42.5 Å². The largest absolute Gasteiger partial charge is 0.493 e. The summed E-state index contributed by atoms with van der Waals surface area (Å²) >= 11 is 5.56. The van der Waals surface area contributed by atoms with Crippen LogP contribution in [0.1, 0.15) is 18.4 Å². The highest BCUT2D eigenvalue weighted by molar-refractivity contribution is 7.80. The average Bonchev–Trinajstić information content (AvgIpc) is 3.22. The van der Waals surface area contributed by atoms with Crippen LogP contribution < -0.4 is 14.8 Å². The van der Waals surface area contributed by atoms with E-state index in [0.29, 0.717) is 17.2 Å². The molecule has 0 atom stereocenters. The van der Waals surface area contributed by atoms with Crippen molar-refractivity contribution in [2.24, 2.45) is 0 Å². The lowest BCUT2D eigenvalue weighted by Crippen LogP contribution is -2.26. The topological polar surface area (TPSA) is 50.8 Å². The lowest BCUT2D eigenvalue weighted by Gasteiger charge is -2.19. The standard InChI is InChI=1S/C20H21FN2O3S/c1-25-18-12-14(20(27)23-10-2-3-11-23)4-9-17(18)26-13-19(24)22-16-7-5-15(21)6-8-16/h4-9,12H,2-3,10-11,13H2,1H3,(H,22,24). The molecule has 7 heteroatoms. The van der Waals surface area contributed by atoms with Gasteiger partial charge in [-0.3, -0.25) is 4.79 Å². The highest BCUT2D eigenvalue weighted by Crippen LogP contribution is 2.29. The summed E-state index contributed by atoms with van der Waals surface area (Å²) in [5.41, 5.74) is 1.40. The Bertz CT molecular complexity index is 820. The number of hydrogen-bond acceptors (Lipinski definition) is 4. The molecule has 1 fully saturated rings. The second-order valence-electron chi connectivity index (χ2n) is 6.21. The van der Waals surface area contributed by atoms with Crippen LogP contribution in [0, 0.1) is 5.82 Å². The Morgan fingerprint density at radius 1 is 1.15 bits per heavy atom. The summed E-state index contributed by atoms with van der Waals surface area (Å²) in [6.07, 6.45) is 2.31. The lowest BCUT2D eigenvalue weighted by molar-refractivity contribution is -0.118. The number of benzene rings is 2. The molecule has 0 bridgehead atoms. The van der Waals surface area contributed by atoms with Crippen LogP contribution in [0.5, 0.6) is 11.5 Å². The second-order valence-corrected chi connectivity index (χ2v) is 6.60. The quantitative estimate of drug-likeness (QED) is 0.766. The molecular formula is C20H21FN2O3S. The summed E-state index contributed by atoms with van der Waals surface area (Å²) in [6, 6.07) is 11.0. The Morgan fingerprint density at radius 3 is 2.52 bits per heavy atom. The SMILES string of the molecule is COc1cc(C(=S)N2CCCC2)ccc1OCC(=O)Nc1ccc(F)cc1. The zero-order chi connectivity index (χ0) is 19.2. The van der Waals surface area contributed by atoms with Gasteiger partial charge >= 0.3 is 0 Å². The number of anilines is 1. The number of ether oxygens (including phenoxy) is 2. The molecule has 1 aliphatic heterocycles. The minimum Gasteiger partial charge on any atom is -0.493 e. The first-order valence-corrected chi connectivity index (χ1v) is 9.13.